The first-order valence-corrected chi connectivity index (χ1v) is 5.30. The number of nitrogen functional groups attached to an aromatic ring is 1. The van der Waals surface area contributed by atoms with Gasteiger partial charge in [-0.05, 0) is 0 Å². The summed E-state index contributed by atoms with van der Waals surface area (Å²) >= 11 is 0. The van der Waals surface area contributed by atoms with Gasteiger partial charge in [0, 0.05) is 0 Å². The number of aliphatic hydroxyl groups is 1. The van der Waals surface area contributed by atoms with Gasteiger partial charge in [0.2, 0.25) is 5.95 Å². The molecular formula is C9H13F2N5O2. The average molecular weight is 261 g/mol. The van der Waals surface area contributed by atoms with Crippen molar-refractivity contribution >= 4 is 17.5 Å². The van der Waals surface area contributed by atoms with Gasteiger partial charge in [-0.15, -0.1) is 0 Å². The van der Waals surface area contributed by atoms with E-state index in [1.165, 1.54) is 4.90 Å². The summed E-state index contributed by atoms with van der Waals surface area (Å²) in [6, 6.07) is 0. The number of alkyl halides is 2. The molecule has 0 bridgehead atoms. The summed E-state index contributed by atoms with van der Waals surface area (Å²) in [7, 11) is 0. The summed E-state index contributed by atoms with van der Waals surface area (Å²) in [5, 5.41) is 11.2. The smallest absolute Gasteiger partial charge is 0.277 e. The normalized spacial score (nSPS) is 17.2. The third-order valence-corrected chi connectivity index (χ3v) is 2.63. The number of nitrogens with zero attached hydrogens (tertiary/aromatic N) is 2. The molecule has 0 saturated carbocycles. The molecule has 2 rings (SSSR count). The molecule has 18 heavy (non-hydrogen) atoms. The second-order valence-corrected chi connectivity index (χ2v) is 3.92. The standard InChI is InChI=1S/C9H13F2N5O2/c10-4(5(11)2-17)1-16-3-13-6-7(16)14-9(12)15-8(6)18/h4-5,13,17H,1-3H2,(H3,12,14,15,18). The largest absolute Gasteiger partial charge is 0.393 e. The van der Waals surface area contributed by atoms with Crippen LogP contribution in [0.5, 0.6) is 0 Å². The van der Waals surface area contributed by atoms with Gasteiger partial charge < -0.3 is 21.1 Å². The number of H-pyrrole nitrogens is 1. The SMILES string of the molecule is Nc1nc2c(c(=O)[nH]1)NCN2CC(F)C(F)CO. The summed E-state index contributed by atoms with van der Waals surface area (Å²) in [5.41, 5.74) is 5.09. The highest BCUT2D eigenvalue weighted by molar-refractivity contribution is 5.70. The van der Waals surface area contributed by atoms with E-state index in [4.69, 9.17) is 10.8 Å². The lowest BCUT2D eigenvalue weighted by Crippen LogP contribution is -2.36. The van der Waals surface area contributed by atoms with Gasteiger partial charge >= 0.3 is 0 Å². The molecule has 1 aliphatic heterocycles. The molecule has 0 radical (unpaired) electrons. The van der Waals surface area contributed by atoms with E-state index in [0.29, 0.717) is 0 Å². The molecule has 2 heterocycles. The molecule has 9 heteroatoms. The quantitative estimate of drug-likeness (QED) is 0.566. The highest BCUT2D eigenvalue weighted by Gasteiger charge is 2.29. The number of aromatic nitrogens is 2. The number of hydrogen-bond donors (Lipinski definition) is 4. The Morgan fingerprint density at radius 2 is 2.22 bits per heavy atom. The number of aliphatic hydroxyl groups excluding tert-OH is 1. The number of nitrogens with two attached hydrogens (primary N) is 1. The molecule has 2 unspecified atom stereocenters. The maximum atomic E-state index is 13.4. The topological polar surface area (TPSA) is 107 Å². The Morgan fingerprint density at radius 1 is 1.50 bits per heavy atom. The number of rotatable bonds is 4. The summed E-state index contributed by atoms with van der Waals surface area (Å²) in [6.07, 6.45) is -3.83. The molecule has 1 aliphatic rings. The van der Waals surface area contributed by atoms with Crippen LogP contribution in [-0.4, -0.2) is 47.2 Å². The van der Waals surface area contributed by atoms with Crippen molar-refractivity contribution in [1.82, 2.24) is 9.97 Å². The zero-order valence-electron chi connectivity index (χ0n) is 9.36. The molecule has 1 aromatic rings. The first kappa shape index (κ1) is 12.6. The highest BCUT2D eigenvalue weighted by Crippen LogP contribution is 2.26. The van der Waals surface area contributed by atoms with Crippen molar-refractivity contribution in [3.8, 4) is 0 Å². The van der Waals surface area contributed by atoms with Gasteiger partial charge in [0.1, 0.15) is 5.69 Å². The first-order chi connectivity index (χ1) is 8.52. The van der Waals surface area contributed by atoms with Gasteiger partial charge in [-0.25, -0.2) is 8.78 Å². The Balaban J connectivity index is 2.19. The molecule has 0 spiro atoms. The zero-order chi connectivity index (χ0) is 13.3. The predicted octanol–water partition coefficient (Wildman–Crippen LogP) is -0.790. The van der Waals surface area contributed by atoms with Crippen LogP contribution in [0.25, 0.3) is 0 Å². The van der Waals surface area contributed by atoms with E-state index in [9.17, 15) is 13.6 Å². The van der Waals surface area contributed by atoms with Crippen LogP contribution in [-0.2, 0) is 0 Å². The van der Waals surface area contributed by atoms with Crippen molar-refractivity contribution in [2.24, 2.45) is 0 Å². The molecule has 100 valence electrons. The van der Waals surface area contributed by atoms with E-state index >= 15 is 0 Å². The van der Waals surface area contributed by atoms with E-state index in [2.05, 4.69) is 15.3 Å². The number of halogens is 2. The van der Waals surface area contributed by atoms with Crippen molar-refractivity contribution in [2.75, 3.05) is 35.8 Å². The Morgan fingerprint density at radius 3 is 2.89 bits per heavy atom. The minimum Gasteiger partial charge on any atom is -0.393 e. The fraction of sp³-hybridized carbons (Fsp3) is 0.556. The van der Waals surface area contributed by atoms with Crippen LogP contribution in [0.4, 0.5) is 26.2 Å². The summed E-state index contributed by atoms with van der Waals surface area (Å²) in [5.74, 6) is 0.0888. The van der Waals surface area contributed by atoms with Crippen LogP contribution in [0.15, 0.2) is 4.79 Å². The van der Waals surface area contributed by atoms with Crippen molar-refractivity contribution in [1.29, 1.82) is 0 Å². The van der Waals surface area contributed by atoms with Gasteiger partial charge in [-0.2, -0.15) is 4.98 Å². The Bertz CT molecular complexity index is 494. The number of anilines is 3. The maximum Gasteiger partial charge on any atom is 0.277 e. The van der Waals surface area contributed by atoms with Crippen molar-refractivity contribution in [3.05, 3.63) is 10.4 Å². The molecule has 7 nitrogen and oxygen atoms in total. The lowest BCUT2D eigenvalue weighted by atomic mass is 10.2. The van der Waals surface area contributed by atoms with E-state index in [0.717, 1.165) is 0 Å². The van der Waals surface area contributed by atoms with Crippen molar-refractivity contribution < 1.29 is 13.9 Å². The predicted molar refractivity (Wildman–Crippen MR) is 62.0 cm³/mol. The van der Waals surface area contributed by atoms with Crippen LogP contribution >= 0.6 is 0 Å². The molecule has 0 aliphatic carbocycles. The van der Waals surface area contributed by atoms with Crippen LogP contribution in [0.1, 0.15) is 0 Å². The number of aromatic amines is 1. The Hall–Kier alpha value is -1.90. The summed E-state index contributed by atoms with van der Waals surface area (Å²) < 4.78 is 26.3. The molecular weight excluding hydrogens is 248 g/mol. The van der Waals surface area contributed by atoms with E-state index in [1.807, 2.05) is 0 Å². The van der Waals surface area contributed by atoms with E-state index in [-0.39, 0.29) is 30.7 Å². The molecule has 0 aromatic carbocycles. The first-order valence-electron chi connectivity index (χ1n) is 5.30. The molecule has 0 saturated heterocycles. The fourth-order valence-corrected chi connectivity index (χ4v) is 1.71. The number of fused-ring (bicyclic) bond motifs is 1. The van der Waals surface area contributed by atoms with E-state index in [1.54, 1.807) is 0 Å². The zero-order valence-corrected chi connectivity index (χ0v) is 9.36. The van der Waals surface area contributed by atoms with Crippen LogP contribution in [0.2, 0.25) is 0 Å². The molecule has 2 atom stereocenters. The van der Waals surface area contributed by atoms with Gasteiger partial charge in [-0.1, -0.05) is 0 Å². The van der Waals surface area contributed by atoms with Gasteiger partial charge in [0.05, 0.1) is 19.8 Å². The van der Waals surface area contributed by atoms with Crippen molar-refractivity contribution in [3.63, 3.8) is 0 Å². The maximum absolute atomic E-state index is 13.4. The third-order valence-electron chi connectivity index (χ3n) is 2.63. The Kier molecular flexibility index (Phi) is 3.32. The van der Waals surface area contributed by atoms with Gasteiger partial charge in [-0.3, -0.25) is 9.78 Å². The van der Waals surface area contributed by atoms with Crippen LogP contribution in [0, 0.1) is 0 Å². The summed E-state index contributed by atoms with van der Waals surface area (Å²) in [6.45, 7) is -1.08. The highest BCUT2D eigenvalue weighted by atomic mass is 19.2. The van der Waals surface area contributed by atoms with Crippen molar-refractivity contribution in [2.45, 2.75) is 12.3 Å². The van der Waals surface area contributed by atoms with Gasteiger partial charge in [0.25, 0.3) is 5.56 Å². The lowest BCUT2D eigenvalue weighted by Gasteiger charge is -2.20. The summed E-state index contributed by atoms with van der Waals surface area (Å²) in [4.78, 5) is 19.0. The number of nitrogens with one attached hydrogen (secondary N) is 2. The van der Waals surface area contributed by atoms with Crippen LogP contribution < -0.4 is 21.5 Å². The average Bonchev–Trinajstić information content (AvgIpc) is 2.71. The number of hydrogen-bond acceptors (Lipinski definition) is 6. The fourth-order valence-electron chi connectivity index (χ4n) is 1.71. The minimum atomic E-state index is -1.96. The van der Waals surface area contributed by atoms with E-state index < -0.39 is 24.5 Å². The van der Waals surface area contributed by atoms with Crippen LogP contribution in [0.3, 0.4) is 0 Å². The molecule has 1 aromatic heterocycles. The molecule has 5 N–H and O–H groups in total. The lowest BCUT2D eigenvalue weighted by molar-refractivity contribution is 0.101. The molecule has 0 amide bonds. The third kappa shape index (κ3) is 2.21. The second kappa shape index (κ2) is 4.77. The minimum absolute atomic E-state index is 0.0955. The molecule has 0 fully saturated rings. The monoisotopic (exact) mass is 261 g/mol. The Labute approximate surface area is 101 Å². The second-order valence-electron chi connectivity index (χ2n) is 3.92. The van der Waals surface area contributed by atoms with Gasteiger partial charge in [0.15, 0.2) is 18.2 Å².